The average molecular weight is 261 g/mol. The van der Waals surface area contributed by atoms with Crippen LogP contribution in [0.2, 0.25) is 0 Å². The third kappa shape index (κ3) is 3.15. The predicted octanol–water partition coefficient (Wildman–Crippen LogP) is 2.83. The second-order valence-corrected chi connectivity index (χ2v) is 4.64. The molecule has 1 aromatic carbocycles. The van der Waals surface area contributed by atoms with Crippen LogP contribution >= 0.6 is 0 Å². The topological polar surface area (TPSA) is 51.5 Å². The first-order valence-electron chi connectivity index (χ1n) is 6.51. The molecule has 1 aromatic heterocycles. The van der Waals surface area contributed by atoms with Gasteiger partial charge < -0.3 is 14.4 Å². The summed E-state index contributed by atoms with van der Waals surface area (Å²) in [5.41, 5.74) is 2.34. The van der Waals surface area contributed by atoms with E-state index in [1.165, 1.54) is 10.9 Å². The van der Waals surface area contributed by atoms with E-state index in [0.29, 0.717) is 19.6 Å². The van der Waals surface area contributed by atoms with Gasteiger partial charge in [0.15, 0.2) is 6.10 Å². The molecular weight excluding hydrogens is 242 g/mol. The fourth-order valence-corrected chi connectivity index (χ4v) is 2.22. The molecule has 4 heteroatoms. The van der Waals surface area contributed by atoms with Crippen molar-refractivity contribution in [3.63, 3.8) is 0 Å². The molecule has 0 spiro atoms. The van der Waals surface area contributed by atoms with Crippen LogP contribution in [0.1, 0.15) is 18.9 Å². The summed E-state index contributed by atoms with van der Waals surface area (Å²) in [5, 5.41) is 10.2. The van der Waals surface area contributed by atoms with Crippen LogP contribution in [0.15, 0.2) is 30.5 Å². The largest absolute Gasteiger partial charge is 0.479 e. The molecule has 0 amide bonds. The number of carbonyl (C=O) groups is 1. The minimum atomic E-state index is -0.894. The Morgan fingerprint density at radius 1 is 1.42 bits per heavy atom. The van der Waals surface area contributed by atoms with Crippen molar-refractivity contribution in [3.05, 3.63) is 36.0 Å². The van der Waals surface area contributed by atoms with Crippen LogP contribution in [0.4, 0.5) is 0 Å². The van der Waals surface area contributed by atoms with Crippen LogP contribution in [0.5, 0.6) is 0 Å². The molecule has 0 radical (unpaired) electrons. The summed E-state index contributed by atoms with van der Waals surface area (Å²) in [6, 6.07) is 8.32. The molecule has 0 aliphatic rings. The van der Waals surface area contributed by atoms with Crippen LogP contribution in [-0.2, 0) is 16.1 Å². The normalized spacial score (nSPS) is 12.7. The summed E-state index contributed by atoms with van der Waals surface area (Å²) in [7, 11) is 0. The van der Waals surface area contributed by atoms with Crippen molar-refractivity contribution in [3.8, 4) is 0 Å². The summed E-state index contributed by atoms with van der Waals surface area (Å²) in [6.45, 7) is 4.92. The lowest BCUT2D eigenvalue weighted by molar-refractivity contribution is -0.150. The Kier molecular flexibility index (Phi) is 4.22. The van der Waals surface area contributed by atoms with E-state index in [0.717, 1.165) is 5.52 Å². The molecule has 2 aromatic rings. The molecular formula is C15H19NO3. The number of benzene rings is 1. The molecule has 0 bridgehead atoms. The van der Waals surface area contributed by atoms with Crippen molar-refractivity contribution in [2.45, 2.75) is 32.9 Å². The maximum absolute atomic E-state index is 11.0. The monoisotopic (exact) mass is 261 g/mol. The second kappa shape index (κ2) is 5.89. The third-order valence-corrected chi connectivity index (χ3v) is 3.20. The molecule has 0 saturated heterocycles. The summed E-state index contributed by atoms with van der Waals surface area (Å²) in [4.78, 5) is 11.0. The number of hydrogen-bond acceptors (Lipinski definition) is 2. The molecule has 1 heterocycles. The number of fused-ring (bicyclic) bond motifs is 1. The van der Waals surface area contributed by atoms with Crippen molar-refractivity contribution in [2.75, 3.05) is 6.61 Å². The standard InChI is InChI=1S/C15H19NO3/c1-3-19-14(15(17)18)7-9-16-8-6-12-5-4-11(2)10-13(12)16/h4-6,8,10,14H,3,7,9H2,1-2H3,(H,17,18). The van der Waals surface area contributed by atoms with Crippen LogP contribution in [-0.4, -0.2) is 28.4 Å². The van der Waals surface area contributed by atoms with E-state index < -0.39 is 12.1 Å². The van der Waals surface area contributed by atoms with Gasteiger partial charge in [0.25, 0.3) is 0 Å². The van der Waals surface area contributed by atoms with E-state index in [2.05, 4.69) is 29.7 Å². The first kappa shape index (κ1) is 13.6. The van der Waals surface area contributed by atoms with Crippen molar-refractivity contribution in [1.82, 2.24) is 4.57 Å². The maximum Gasteiger partial charge on any atom is 0.332 e. The number of aromatic nitrogens is 1. The molecule has 19 heavy (non-hydrogen) atoms. The summed E-state index contributed by atoms with van der Waals surface area (Å²) in [5.74, 6) is -0.894. The number of aliphatic carboxylic acids is 1. The van der Waals surface area contributed by atoms with E-state index in [9.17, 15) is 4.79 Å². The quantitative estimate of drug-likeness (QED) is 0.870. The van der Waals surface area contributed by atoms with Crippen LogP contribution in [0, 0.1) is 6.92 Å². The highest BCUT2D eigenvalue weighted by atomic mass is 16.5. The third-order valence-electron chi connectivity index (χ3n) is 3.20. The molecule has 0 fully saturated rings. The molecule has 0 aliphatic heterocycles. The average Bonchev–Trinajstić information content (AvgIpc) is 2.76. The van der Waals surface area contributed by atoms with Gasteiger partial charge in [-0.05, 0) is 36.9 Å². The summed E-state index contributed by atoms with van der Waals surface area (Å²) in [6.07, 6.45) is 1.74. The van der Waals surface area contributed by atoms with Crippen LogP contribution in [0.25, 0.3) is 10.9 Å². The second-order valence-electron chi connectivity index (χ2n) is 4.64. The first-order valence-corrected chi connectivity index (χ1v) is 6.51. The molecule has 4 nitrogen and oxygen atoms in total. The highest BCUT2D eigenvalue weighted by molar-refractivity contribution is 5.80. The highest BCUT2D eigenvalue weighted by Crippen LogP contribution is 2.18. The SMILES string of the molecule is CCOC(CCn1ccc2ccc(C)cc21)C(=O)O. The van der Waals surface area contributed by atoms with E-state index in [-0.39, 0.29) is 0 Å². The molecule has 1 unspecified atom stereocenters. The fourth-order valence-electron chi connectivity index (χ4n) is 2.22. The van der Waals surface area contributed by atoms with Gasteiger partial charge in [-0.15, -0.1) is 0 Å². The van der Waals surface area contributed by atoms with Gasteiger partial charge in [-0.1, -0.05) is 12.1 Å². The zero-order valence-electron chi connectivity index (χ0n) is 11.3. The first-order chi connectivity index (χ1) is 9.11. The predicted molar refractivity (Wildman–Crippen MR) is 74.3 cm³/mol. The van der Waals surface area contributed by atoms with Gasteiger partial charge in [0.2, 0.25) is 0 Å². The maximum atomic E-state index is 11.0. The van der Waals surface area contributed by atoms with E-state index in [1.807, 2.05) is 19.2 Å². The molecule has 0 saturated carbocycles. The number of ether oxygens (including phenoxy) is 1. The number of carboxylic acid groups (broad SMARTS) is 1. The summed E-state index contributed by atoms with van der Waals surface area (Å²) >= 11 is 0. The van der Waals surface area contributed by atoms with Crippen molar-refractivity contribution in [1.29, 1.82) is 0 Å². The molecule has 1 N–H and O–H groups in total. The fraction of sp³-hybridized carbons (Fsp3) is 0.400. The van der Waals surface area contributed by atoms with E-state index in [1.54, 1.807) is 0 Å². The van der Waals surface area contributed by atoms with Gasteiger partial charge in [0.1, 0.15) is 0 Å². The lowest BCUT2D eigenvalue weighted by atomic mass is 10.2. The molecule has 2 rings (SSSR count). The number of hydrogen-bond donors (Lipinski definition) is 1. The number of carboxylic acids is 1. The lowest BCUT2D eigenvalue weighted by Gasteiger charge is -2.13. The number of nitrogens with zero attached hydrogens (tertiary/aromatic N) is 1. The lowest BCUT2D eigenvalue weighted by Crippen LogP contribution is -2.25. The van der Waals surface area contributed by atoms with Gasteiger partial charge in [0, 0.05) is 31.3 Å². The van der Waals surface area contributed by atoms with Crippen molar-refractivity contribution >= 4 is 16.9 Å². The highest BCUT2D eigenvalue weighted by Gasteiger charge is 2.17. The smallest absolute Gasteiger partial charge is 0.332 e. The van der Waals surface area contributed by atoms with Crippen LogP contribution in [0.3, 0.4) is 0 Å². The Morgan fingerprint density at radius 2 is 2.21 bits per heavy atom. The van der Waals surface area contributed by atoms with Crippen molar-refractivity contribution in [2.24, 2.45) is 0 Å². The van der Waals surface area contributed by atoms with Gasteiger partial charge in [0.05, 0.1) is 0 Å². The summed E-state index contributed by atoms with van der Waals surface area (Å²) < 4.78 is 7.31. The molecule has 102 valence electrons. The van der Waals surface area contributed by atoms with Gasteiger partial charge in [-0.3, -0.25) is 0 Å². The Labute approximate surface area is 112 Å². The van der Waals surface area contributed by atoms with E-state index in [4.69, 9.17) is 9.84 Å². The molecule has 1 atom stereocenters. The zero-order chi connectivity index (χ0) is 13.8. The number of rotatable bonds is 6. The van der Waals surface area contributed by atoms with Crippen molar-refractivity contribution < 1.29 is 14.6 Å². The Balaban J connectivity index is 2.12. The minimum Gasteiger partial charge on any atom is -0.479 e. The van der Waals surface area contributed by atoms with Gasteiger partial charge in [-0.25, -0.2) is 4.79 Å². The van der Waals surface area contributed by atoms with Crippen LogP contribution < -0.4 is 0 Å². The zero-order valence-corrected chi connectivity index (χ0v) is 11.3. The Hall–Kier alpha value is -1.81. The van der Waals surface area contributed by atoms with E-state index >= 15 is 0 Å². The van der Waals surface area contributed by atoms with Gasteiger partial charge >= 0.3 is 5.97 Å². The Morgan fingerprint density at radius 3 is 2.89 bits per heavy atom. The number of aryl methyl sites for hydroxylation is 2. The minimum absolute atomic E-state index is 0.419. The molecule has 0 aliphatic carbocycles. The Bertz CT molecular complexity index is 574. The van der Waals surface area contributed by atoms with Gasteiger partial charge in [-0.2, -0.15) is 0 Å².